The Morgan fingerprint density at radius 3 is 2.59 bits per heavy atom. The molecule has 1 N–H and O–H groups in total. The first-order chi connectivity index (χ1) is 16.3. The first kappa shape index (κ1) is 22.6. The molecule has 2 aromatic carbocycles. The molecule has 0 saturated carbocycles. The highest BCUT2D eigenvalue weighted by Crippen LogP contribution is 2.45. The van der Waals surface area contributed by atoms with Crippen molar-refractivity contribution in [3.05, 3.63) is 81.0 Å². The largest absolute Gasteiger partial charge is 0.507 e. The van der Waals surface area contributed by atoms with E-state index in [-0.39, 0.29) is 17.4 Å². The summed E-state index contributed by atoms with van der Waals surface area (Å²) in [6.45, 7) is 3.85. The van der Waals surface area contributed by atoms with Crippen molar-refractivity contribution in [3.8, 4) is 5.75 Å². The molecule has 1 amide bonds. The van der Waals surface area contributed by atoms with Gasteiger partial charge in [-0.2, -0.15) is 0 Å². The van der Waals surface area contributed by atoms with Gasteiger partial charge in [0.15, 0.2) is 5.13 Å². The SMILES string of the molecule is CC(C)Oc1ccc(/C(O)=C2\C(=O)C(=O)N(c3nc4ccc(Cl)cc4s3)C2c2cccs2)cc1. The lowest BCUT2D eigenvalue weighted by atomic mass is 10.00. The summed E-state index contributed by atoms with van der Waals surface area (Å²) < 4.78 is 6.46. The van der Waals surface area contributed by atoms with E-state index in [4.69, 9.17) is 16.3 Å². The van der Waals surface area contributed by atoms with Crippen molar-refractivity contribution >= 4 is 67.1 Å². The Hall–Kier alpha value is -3.20. The van der Waals surface area contributed by atoms with Crippen molar-refractivity contribution in [1.82, 2.24) is 4.98 Å². The van der Waals surface area contributed by atoms with Gasteiger partial charge >= 0.3 is 5.91 Å². The molecule has 2 aromatic heterocycles. The van der Waals surface area contributed by atoms with Crippen LogP contribution in [-0.4, -0.2) is 27.9 Å². The molecule has 172 valence electrons. The van der Waals surface area contributed by atoms with Crippen LogP contribution in [0.2, 0.25) is 5.02 Å². The number of aliphatic hydroxyl groups excluding tert-OH is 1. The minimum atomic E-state index is -0.789. The minimum Gasteiger partial charge on any atom is -0.507 e. The molecule has 1 unspecified atom stereocenters. The molecule has 6 nitrogen and oxygen atoms in total. The molecule has 0 spiro atoms. The number of nitrogens with zero attached hydrogens (tertiary/aromatic N) is 2. The van der Waals surface area contributed by atoms with E-state index in [1.54, 1.807) is 42.5 Å². The fourth-order valence-corrected chi connectivity index (χ4v) is 5.95. The molecule has 0 bridgehead atoms. The predicted molar refractivity (Wildman–Crippen MR) is 136 cm³/mol. The molecule has 4 aromatic rings. The molecule has 5 rings (SSSR count). The van der Waals surface area contributed by atoms with Gasteiger partial charge in [-0.1, -0.05) is 29.0 Å². The van der Waals surface area contributed by atoms with Gasteiger partial charge in [0.25, 0.3) is 5.78 Å². The number of thiophene rings is 1. The number of hydrogen-bond donors (Lipinski definition) is 1. The van der Waals surface area contributed by atoms with Gasteiger partial charge in [-0.05, 0) is 67.8 Å². The smallest absolute Gasteiger partial charge is 0.301 e. The van der Waals surface area contributed by atoms with E-state index in [0.29, 0.717) is 27.0 Å². The molecular weight excluding hydrogens is 492 g/mol. The highest BCUT2D eigenvalue weighted by atomic mass is 35.5. The number of anilines is 1. The maximum atomic E-state index is 13.2. The van der Waals surface area contributed by atoms with E-state index < -0.39 is 17.7 Å². The summed E-state index contributed by atoms with van der Waals surface area (Å²) >= 11 is 8.79. The number of thiazole rings is 1. The second-order valence-corrected chi connectivity index (χ2v) is 10.4. The van der Waals surface area contributed by atoms with Crippen molar-refractivity contribution in [2.24, 2.45) is 0 Å². The van der Waals surface area contributed by atoms with Crippen LogP contribution in [0, 0.1) is 0 Å². The first-order valence-corrected chi connectivity index (χ1v) is 12.6. The number of benzene rings is 2. The molecule has 1 fully saturated rings. The Bertz CT molecular complexity index is 1430. The highest BCUT2D eigenvalue weighted by Gasteiger charge is 2.48. The van der Waals surface area contributed by atoms with Crippen LogP contribution in [-0.2, 0) is 9.59 Å². The van der Waals surface area contributed by atoms with Crippen molar-refractivity contribution in [1.29, 1.82) is 0 Å². The Labute approximate surface area is 208 Å². The Balaban J connectivity index is 1.63. The third-order valence-electron chi connectivity index (χ3n) is 5.30. The van der Waals surface area contributed by atoms with Gasteiger partial charge in [0, 0.05) is 15.5 Å². The third kappa shape index (κ3) is 3.98. The number of ether oxygens (including phenoxy) is 1. The molecule has 34 heavy (non-hydrogen) atoms. The number of hydrogen-bond acceptors (Lipinski definition) is 7. The number of Topliss-reactive ketones (excluding diaryl/α,β-unsaturated/α-hetero) is 1. The van der Waals surface area contributed by atoms with Crippen LogP contribution in [0.4, 0.5) is 5.13 Å². The van der Waals surface area contributed by atoms with Crippen LogP contribution >= 0.6 is 34.3 Å². The zero-order chi connectivity index (χ0) is 24.0. The standard InChI is InChI=1S/C25H19ClN2O4S2/c1-13(2)32-16-8-5-14(6-9-16)22(29)20-21(18-4-3-11-33-18)28(24(31)23(20)30)25-27-17-10-7-15(26)12-19(17)34-25/h3-13,21,29H,1-2H3/b22-20+. The molecule has 1 atom stereocenters. The van der Waals surface area contributed by atoms with Crippen LogP contribution in [0.25, 0.3) is 16.0 Å². The van der Waals surface area contributed by atoms with Gasteiger partial charge in [0.05, 0.1) is 21.9 Å². The van der Waals surface area contributed by atoms with Gasteiger partial charge in [-0.15, -0.1) is 11.3 Å². The van der Waals surface area contributed by atoms with Crippen LogP contribution in [0.1, 0.15) is 30.3 Å². The van der Waals surface area contributed by atoms with Gasteiger partial charge in [0.2, 0.25) is 0 Å². The number of rotatable bonds is 5. The molecule has 9 heteroatoms. The summed E-state index contributed by atoms with van der Waals surface area (Å²) in [6, 6.07) is 15.0. The second-order valence-electron chi connectivity index (χ2n) is 7.98. The summed E-state index contributed by atoms with van der Waals surface area (Å²) in [7, 11) is 0. The van der Waals surface area contributed by atoms with Crippen molar-refractivity contribution in [3.63, 3.8) is 0 Å². The zero-order valence-corrected chi connectivity index (χ0v) is 20.6. The van der Waals surface area contributed by atoms with Gasteiger partial charge in [-0.3, -0.25) is 14.5 Å². The van der Waals surface area contributed by atoms with Crippen LogP contribution in [0.15, 0.2) is 65.6 Å². The van der Waals surface area contributed by atoms with Crippen molar-refractivity contribution < 1.29 is 19.4 Å². The fourth-order valence-electron chi connectivity index (χ4n) is 3.85. The number of carbonyl (C=O) groups is 2. The molecule has 0 radical (unpaired) electrons. The summed E-state index contributed by atoms with van der Waals surface area (Å²) in [5.41, 5.74) is 1.13. The lowest BCUT2D eigenvalue weighted by Gasteiger charge is -2.21. The number of ketones is 1. The van der Waals surface area contributed by atoms with Crippen LogP contribution in [0.5, 0.6) is 5.75 Å². The van der Waals surface area contributed by atoms with E-state index in [1.165, 1.54) is 27.6 Å². The maximum Gasteiger partial charge on any atom is 0.301 e. The number of fused-ring (bicyclic) bond motifs is 1. The monoisotopic (exact) mass is 510 g/mol. The fraction of sp³-hybridized carbons (Fsp3) is 0.160. The third-order valence-corrected chi connectivity index (χ3v) is 7.48. The van der Waals surface area contributed by atoms with E-state index in [0.717, 1.165) is 9.58 Å². The number of aromatic nitrogens is 1. The van der Waals surface area contributed by atoms with Crippen molar-refractivity contribution in [2.45, 2.75) is 26.0 Å². The second kappa shape index (κ2) is 8.87. The van der Waals surface area contributed by atoms with E-state index in [9.17, 15) is 14.7 Å². The van der Waals surface area contributed by atoms with Gasteiger partial charge in [0.1, 0.15) is 17.6 Å². The highest BCUT2D eigenvalue weighted by molar-refractivity contribution is 7.22. The lowest BCUT2D eigenvalue weighted by Crippen LogP contribution is -2.28. The van der Waals surface area contributed by atoms with Crippen LogP contribution in [0.3, 0.4) is 0 Å². The Morgan fingerprint density at radius 2 is 1.91 bits per heavy atom. The topological polar surface area (TPSA) is 79.7 Å². The van der Waals surface area contributed by atoms with Crippen LogP contribution < -0.4 is 9.64 Å². The lowest BCUT2D eigenvalue weighted by molar-refractivity contribution is -0.132. The first-order valence-electron chi connectivity index (χ1n) is 10.5. The quantitative estimate of drug-likeness (QED) is 0.190. The van der Waals surface area contributed by atoms with E-state index >= 15 is 0 Å². The average molecular weight is 511 g/mol. The van der Waals surface area contributed by atoms with Gasteiger partial charge < -0.3 is 9.84 Å². The molecule has 1 aliphatic heterocycles. The number of aliphatic hydroxyl groups is 1. The molecule has 3 heterocycles. The number of carbonyl (C=O) groups excluding carboxylic acids is 2. The molecular formula is C25H19ClN2O4S2. The summed E-state index contributed by atoms with van der Waals surface area (Å²) in [4.78, 5) is 33.2. The number of amides is 1. The minimum absolute atomic E-state index is 0.00675. The van der Waals surface area contributed by atoms with Crippen molar-refractivity contribution in [2.75, 3.05) is 4.90 Å². The van der Waals surface area contributed by atoms with Gasteiger partial charge in [-0.25, -0.2) is 4.98 Å². The maximum absolute atomic E-state index is 13.2. The van der Waals surface area contributed by atoms with E-state index in [1.807, 2.05) is 31.4 Å². The molecule has 0 aliphatic carbocycles. The summed E-state index contributed by atoms with van der Waals surface area (Å²) in [6.07, 6.45) is 0.00675. The predicted octanol–water partition coefficient (Wildman–Crippen LogP) is 6.42. The zero-order valence-electron chi connectivity index (χ0n) is 18.2. The molecule has 1 saturated heterocycles. The Kier molecular flexibility index (Phi) is 5.89. The summed E-state index contributed by atoms with van der Waals surface area (Å²) in [5.74, 6) is -1.07. The Morgan fingerprint density at radius 1 is 1.15 bits per heavy atom. The molecule has 1 aliphatic rings. The normalized spacial score (nSPS) is 17.8. The summed E-state index contributed by atoms with van der Waals surface area (Å²) in [5, 5.41) is 14.0. The average Bonchev–Trinajstić information content (AvgIpc) is 3.52. The number of halogens is 1. The van der Waals surface area contributed by atoms with E-state index in [2.05, 4.69) is 4.98 Å².